The van der Waals surface area contributed by atoms with E-state index >= 15 is 0 Å². The maximum Gasteiger partial charge on any atom is 0.262 e. The third-order valence-electron chi connectivity index (χ3n) is 3.28. The second kappa shape index (κ2) is 7.78. The Bertz CT molecular complexity index is 848. The van der Waals surface area contributed by atoms with Crippen LogP contribution in [-0.2, 0) is 4.79 Å². The van der Waals surface area contributed by atoms with Crippen molar-refractivity contribution in [1.29, 1.82) is 0 Å². The highest BCUT2D eigenvalue weighted by molar-refractivity contribution is 6.04. The SMILES string of the molecule is O=C(COc1cccc(NC(=O)c2cn[nH]c2)c1)Nc1ccccc1. The molecular weight excluding hydrogens is 320 g/mol. The summed E-state index contributed by atoms with van der Waals surface area (Å²) in [4.78, 5) is 23.9. The van der Waals surface area contributed by atoms with E-state index in [4.69, 9.17) is 4.74 Å². The van der Waals surface area contributed by atoms with Crippen molar-refractivity contribution < 1.29 is 14.3 Å². The van der Waals surface area contributed by atoms with Crippen LogP contribution in [0.5, 0.6) is 5.75 Å². The van der Waals surface area contributed by atoms with Gasteiger partial charge in [-0.25, -0.2) is 0 Å². The molecular formula is C18H16N4O3. The summed E-state index contributed by atoms with van der Waals surface area (Å²) in [5.74, 6) is -0.0695. The van der Waals surface area contributed by atoms with E-state index in [1.54, 1.807) is 36.4 Å². The Labute approximate surface area is 144 Å². The maximum absolute atomic E-state index is 12.0. The Kier molecular flexibility index (Phi) is 5.06. The number of aromatic nitrogens is 2. The third kappa shape index (κ3) is 4.68. The van der Waals surface area contributed by atoms with Gasteiger partial charge in [-0.2, -0.15) is 5.10 Å². The summed E-state index contributed by atoms with van der Waals surface area (Å²) in [6.07, 6.45) is 2.94. The molecule has 0 aliphatic heterocycles. The average molecular weight is 336 g/mol. The van der Waals surface area contributed by atoms with Gasteiger partial charge in [0.05, 0.1) is 11.8 Å². The van der Waals surface area contributed by atoms with Gasteiger partial charge in [0.1, 0.15) is 5.75 Å². The number of rotatable bonds is 6. The van der Waals surface area contributed by atoms with Gasteiger partial charge in [-0.1, -0.05) is 24.3 Å². The minimum Gasteiger partial charge on any atom is -0.484 e. The summed E-state index contributed by atoms with van der Waals surface area (Å²) in [5, 5.41) is 11.8. The first-order chi connectivity index (χ1) is 12.2. The van der Waals surface area contributed by atoms with Crippen molar-refractivity contribution in [1.82, 2.24) is 10.2 Å². The van der Waals surface area contributed by atoms with Gasteiger partial charge in [0.15, 0.2) is 6.61 Å². The van der Waals surface area contributed by atoms with E-state index in [-0.39, 0.29) is 18.4 Å². The molecule has 0 saturated carbocycles. The van der Waals surface area contributed by atoms with E-state index in [9.17, 15) is 9.59 Å². The molecule has 0 atom stereocenters. The zero-order valence-electron chi connectivity index (χ0n) is 13.2. The predicted octanol–water partition coefficient (Wildman–Crippen LogP) is 2.68. The van der Waals surface area contributed by atoms with Crippen LogP contribution >= 0.6 is 0 Å². The molecule has 2 aromatic carbocycles. The van der Waals surface area contributed by atoms with Gasteiger partial charge in [-0.3, -0.25) is 14.7 Å². The second-order valence-electron chi connectivity index (χ2n) is 5.17. The van der Waals surface area contributed by atoms with Gasteiger partial charge in [0.25, 0.3) is 11.8 Å². The first-order valence-corrected chi connectivity index (χ1v) is 7.58. The normalized spacial score (nSPS) is 10.1. The molecule has 25 heavy (non-hydrogen) atoms. The first kappa shape index (κ1) is 16.3. The maximum atomic E-state index is 12.0. The molecule has 0 unspecified atom stereocenters. The molecule has 3 N–H and O–H groups in total. The average Bonchev–Trinajstić information content (AvgIpc) is 3.16. The number of hydrogen-bond acceptors (Lipinski definition) is 4. The zero-order valence-corrected chi connectivity index (χ0v) is 13.2. The van der Waals surface area contributed by atoms with Crippen LogP contribution in [-0.4, -0.2) is 28.6 Å². The van der Waals surface area contributed by atoms with E-state index in [1.165, 1.54) is 12.4 Å². The molecule has 0 spiro atoms. The Hall–Kier alpha value is -3.61. The van der Waals surface area contributed by atoms with Crippen LogP contribution in [0.2, 0.25) is 0 Å². The number of ether oxygens (including phenoxy) is 1. The lowest BCUT2D eigenvalue weighted by atomic mass is 10.2. The molecule has 7 nitrogen and oxygen atoms in total. The van der Waals surface area contributed by atoms with Gasteiger partial charge < -0.3 is 15.4 Å². The van der Waals surface area contributed by atoms with Crippen molar-refractivity contribution in [2.45, 2.75) is 0 Å². The Morgan fingerprint density at radius 1 is 1.00 bits per heavy atom. The summed E-state index contributed by atoms with van der Waals surface area (Å²) in [5.41, 5.74) is 1.69. The minimum atomic E-state index is -0.285. The van der Waals surface area contributed by atoms with E-state index in [2.05, 4.69) is 20.8 Å². The first-order valence-electron chi connectivity index (χ1n) is 7.58. The molecule has 3 aromatic rings. The molecule has 1 heterocycles. The predicted molar refractivity (Wildman–Crippen MR) is 93.5 cm³/mol. The van der Waals surface area contributed by atoms with Crippen molar-refractivity contribution >= 4 is 23.2 Å². The summed E-state index contributed by atoms with van der Waals surface area (Å²) < 4.78 is 5.47. The monoisotopic (exact) mass is 336 g/mol. The molecule has 2 amide bonds. The van der Waals surface area contributed by atoms with E-state index < -0.39 is 0 Å². The summed E-state index contributed by atoms with van der Waals surface area (Å²) in [6, 6.07) is 16.0. The number of nitrogens with zero attached hydrogens (tertiary/aromatic N) is 1. The largest absolute Gasteiger partial charge is 0.484 e. The summed E-state index contributed by atoms with van der Waals surface area (Å²) in [7, 11) is 0. The van der Waals surface area contributed by atoms with Crippen LogP contribution in [0, 0.1) is 0 Å². The van der Waals surface area contributed by atoms with Crippen LogP contribution < -0.4 is 15.4 Å². The lowest BCUT2D eigenvalue weighted by molar-refractivity contribution is -0.118. The highest BCUT2D eigenvalue weighted by Gasteiger charge is 2.08. The number of para-hydroxylation sites is 1. The lowest BCUT2D eigenvalue weighted by Crippen LogP contribution is -2.20. The fourth-order valence-corrected chi connectivity index (χ4v) is 2.11. The van der Waals surface area contributed by atoms with Gasteiger partial charge in [0, 0.05) is 23.6 Å². The fourth-order valence-electron chi connectivity index (χ4n) is 2.11. The number of aromatic amines is 1. The Balaban J connectivity index is 1.54. The number of benzene rings is 2. The smallest absolute Gasteiger partial charge is 0.262 e. The highest BCUT2D eigenvalue weighted by Crippen LogP contribution is 2.18. The molecule has 0 aliphatic carbocycles. The molecule has 0 fully saturated rings. The van der Waals surface area contributed by atoms with Gasteiger partial charge in [0.2, 0.25) is 0 Å². The standard InChI is InChI=1S/C18H16N4O3/c23-17(21-14-5-2-1-3-6-14)12-25-16-8-4-7-15(9-16)22-18(24)13-10-19-20-11-13/h1-11H,12H2,(H,19,20)(H,21,23)(H,22,24). The van der Waals surface area contributed by atoms with Crippen molar-refractivity contribution in [2.75, 3.05) is 17.2 Å². The van der Waals surface area contributed by atoms with Crippen LogP contribution in [0.4, 0.5) is 11.4 Å². The molecule has 7 heteroatoms. The van der Waals surface area contributed by atoms with E-state index in [0.717, 1.165) is 0 Å². The van der Waals surface area contributed by atoms with E-state index in [1.807, 2.05) is 18.2 Å². The highest BCUT2D eigenvalue weighted by atomic mass is 16.5. The van der Waals surface area contributed by atoms with Crippen LogP contribution in [0.15, 0.2) is 67.0 Å². The number of nitrogens with one attached hydrogen (secondary N) is 3. The van der Waals surface area contributed by atoms with Crippen molar-refractivity contribution in [2.24, 2.45) is 0 Å². The van der Waals surface area contributed by atoms with Crippen LogP contribution in [0.1, 0.15) is 10.4 Å². The summed E-state index contributed by atoms with van der Waals surface area (Å²) in [6.45, 7) is -0.131. The molecule has 1 aromatic heterocycles. The van der Waals surface area contributed by atoms with Crippen LogP contribution in [0.25, 0.3) is 0 Å². The van der Waals surface area contributed by atoms with Gasteiger partial charge in [-0.15, -0.1) is 0 Å². The number of carbonyl (C=O) groups excluding carboxylic acids is 2. The zero-order chi connectivity index (χ0) is 17.5. The minimum absolute atomic E-state index is 0.131. The molecule has 0 saturated heterocycles. The second-order valence-corrected chi connectivity index (χ2v) is 5.17. The van der Waals surface area contributed by atoms with Crippen molar-refractivity contribution in [3.05, 3.63) is 72.6 Å². The summed E-state index contributed by atoms with van der Waals surface area (Å²) >= 11 is 0. The number of hydrogen-bond donors (Lipinski definition) is 3. The van der Waals surface area contributed by atoms with Crippen LogP contribution in [0.3, 0.4) is 0 Å². The molecule has 0 aliphatic rings. The molecule has 3 rings (SSSR count). The van der Waals surface area contributed by atoms with Gasteiger partial charge in [-0.05, 0) is 24.3 Å². The molecule has 126 valence electrons. The van der Waals surface area contributed by atoms with E-state index in [0.29, 0.717) is 22.7 Å². The Morgan fingerprint density at radius 3 is 2.56 bits per heavy atom. The van der Waals surface area contributed by atoms with Crippen molar-refractivity contribution in [3.63, 3.8) is 0 Å². The fraction of sp³-hybridized carbons (Fsp3) is 0.0556. The van der Waals surface area contributed by atoms with Crippen molar-refractivity contribution in [3.8, 4) is 5.75 Å². The topological polar surface area (TPSA) is 96.1 Å². The Morgan fingerprint density at radius 2 is 1.80 bits per heavy atom. The number of anilines is 2. The quantitative estimate of drug-likeness (QED) is 0.645. The lowest BCUT2D eigenvalue weighted by Gasteiger charge is -2.09. The molecule has 0 radical (unpaired) electrons. The third-order valence-corrected chi connectivity index (χ3v) is 3.28. The number of amides is 2. The molecule has 0 bridgehead atoms. The number of carbonyl (C=O) groups is 2. The number of H-pyrrole nitrogens is 1. The van der Waals surface area contributed by atoms with Gasteiger partial charge >= 0.3 is 0 Å².